The number of ether oxygens (including phenoxy) is 1. The van der Waals surface area contributed by atoms with E-state index in [0.29, 0.717) is 24.2 Å². The maximum Gasteiger partial charge on any atom is 0.265 e. The molecule has 3 N–H and O–H groups in total. The molecular weight excluding hydrogens is 541 g/mol. The molecule has 4 rings (SSSR count). The highest BCUT2D eigenvalue weighted by Crippen LogP contribution is 2.46. The van der Waals surface area contributed by atoms with E-state index in [9.17, 15) is 23.5 Å². The monoisotopic (exact) mass is 570 g/mol. The molecule has 2 fully saturated rings. The number of alkyl halides is 2. The highest BCUT2D eigenvalue weighted by Gasteiger charge is 2.52. The summed E-state index contributed by atoms with van der Waals surface area (Å²) < 4.78 is 31.5. The van der Waals surface area contributed by atoms with Crippen molar-refractivity contribution >= 4 is 40.8 Å². The van der Waals surface area contributed by atoms with Crippen LogP contribution in [0.1, 0.15) is 61.9 Å². The van der Waals surface area contributed by atoms with Crippen molar-refractivity contribution in [3.8, 4) is 5.75 Å². The molecular formula is C26H30Cl2F2N4O4. The fourth-order valence-electron chi connectivity index (χ4n) is 5.20. The van der Waals surface area contributed by atoms with Gasteiger partial charge in [-0.1, -0.05) is 23.2 Å². The molecule has 2 aromatic rings. The lowest BCUT2D eigenvalue weighted by molar-refractivity contribution is -0.136. The molecule has 12 heteroatoms. The van der Waals surface area contributed by atoms with Gasteiger partial charge in [0.2, 0.25) is 0 Å². The second-order valence-electron chi connectivity index (χ2n) is 10.1. The summed E-state index contributed by atoms with van der Waals surface area (Å²) in [6.07, 6.45) is 2.55. The smallest absolute Gasteiger partial charge is 0.265 e. The van der Waals surface area contributed by atoms with Crippen LogP contribution in [0.15, 0.2) is 30.5 Å². The van der Waals surface area contributed by atoms with Crippen molar-refractivity contribution in [3.63, 3.8) is 0 Å². The van der Waals surface area contributed by atoms with E-state index in [4.69, 9.17) is 27.9 Å². The first-order valence-electron chi connectivity index (χ1n) is 12.4. The van der Waals surface area contributed by atoms with Crippen LogP contribution in [-0.2, 0) is 11.4 Å². The fourth-order valence-corrected chi connectivity index (χ4v) is 5.64. The molecule has 206 valence electrons. The predicted molar refractivity (Wildman–Crippen MR) is 140 cm³/mol. The Hall–Kier alpha value is -2.69. The Balaban J connectivity index is 1.61. The molecule has 1 aromatic heterocycles. The van der Waals surface area contributed by atoms with Crippen molar-refractivity contribution in [2.24, 2.45) is 0 Å². The molecule has 0 radical (unpaired) electrons. The minimum atomic E-state index is -2.68. The van der Waals surface area contributed by atoms with E-state index >= 15 is 0 Å². The number of hydrogen-bond donors (Lipinski definition) is 3. The number of fused-ring (bicyclic) bond motifs is 2. The first-order valence-corrected chi connectivity index (χ1v) is 13.1. The number of amides is 2. The number of carbonyl (C=O) groups is 2. The van der Waals surface area contributed by atoms with Crippen molar-refractivity contribution in [2.45, 2.75) is 76.3 Å². The van der Waals surface area contributed by atoms with Gasteiger partial charge in [0.15, 0.2) is 5.60 Å². The van der Waals surface area contributed by atoms with Crippen LogP contribution in [0.5, 0.6) is 5.75 Å². The minimum absolute atomic E-state index is 0.0175. The van der Waals surface area contributed by atoms with E-state index < -0.39 is 36.0 Å². The summed E-state index contributed by atoms with van der Waals surface area (Å²) >= 11 is 12.5. The van der Waals surface area contributed by atoms with E-state index in [1.807, 2.05) is 4.90 Å². The maximum absolute atomic E-state index is 13.7. The van der Waals surface area contributed by atoms with Gasteiger partial charge in [-0.2, -0.15) is 0 Å². The standard InChI is InChI=1S/C26H30Cl2F2N4O4/c1-25(2,38-20-12-18(27)15(14-35)11-19(20)28)24(37)33-26-8-3-5-16(7-9-26)34(26)22-17(6-4-10-31-22)23(36)32-13-21(29)30/h4,6,10-12,16,21,35H,3,5,7-9,13-14H2,1-2H3,(H,32,36)(H,33,37). The number of nitrogens with zero attached hydrogens (tertiary/aromatic N) is 2. The van der Waals surface area contributed by atoms with Crippen LogP contribution in [-0.4, -0.2) is 52.2 Å². The highest BCUT2D eigenvalue weighted by molar-refractivity contribution is 6.34. The summed E-state index contributed by atoms with van der Waals surface area (Å²) in [7, 11) is 0. The molecule has 2 amide bonds. The Kier molecular flexibility index (Phi) is 8.34. The predicted octanol–water partition coefficient (Wildman–Crippen LogP) is 4.70. The number of halogens is 4. The SMILES string of the molecule is CC(C)(Oc1cc(Cl)c(CO)cc1Cl)C(=O)NC12CCCC(CC1)N2c1ncccc1C(=O)NCC(F)F. The van der Waals surface area contributed by atoms with Gasteiger partial charge in [-0.05, 0) is 69.7 Å². The lowest BCUT2D eigenvalue weighted by Gasteiger charge is -2.47. The Labute approximate surface area is 229 Å². The minimum Gasteiger partial charge on any atom is -0.476 e. The van der Waals surface area contributed by atoms with E-state index in [2.05, 4.69) is 15.6 Å². The van der Waals surface area contributed by atoms with Crippen LogP contribution >= 0.6 is 23.2 Å². The fraction of sp³-hybridized carbons (Fsp3) is 0.500. The number of carbonyl (C=O) groups excluding carboxylic acids is 2. The highest BCUT2D eigenvalue weighted by atomic mass is 35.5. The van der Waals surface area contributed by atoms with Gasteiger partial charge in [0.1, 0.15) is 17.2 Å². The molecule has 2 bridgehead atoms. The summed E-state index contributed by atoms with van der Waals surface area (Å²) in [6.45, 7) is 2.15. The lowest BCUT2D eigenvalue weighted by atomic mass is 9.94. The van der Waals surface area contributed by atoms with Gasteiger partial charge >= 0.3 is 0 Å². The third-order valence-corrected chi connectivity index (χ3v) is 7.70. The Bertz CT molecular complexity index is 1210. The normalized spacial score (nSPS) is 20.9. The number of aromatic nitrogens is 1. The van der Waals surface area contributed by atoms with Crippen molar-refractivity contribution in [1.82, 2.24) is 15.6 Å². The number of anilines is 1. The van der Waals surface area contributed by atoms with Gasteiger partial charge in [-0.25, -0.2) is 13.8 Å². The van der Waals surface area contributed by atoms with Gasteiger partial charge in [0.25, 0.3) is 18.2 Å². The van der Waals surface area contributed by atoms with Crippen LogP contribution < -0.4 is 20.3 Å². The molecule has 3 heterocycles. The molecule has 0 spiro atoms. The number of piperidine rings is 1. The summed E-state index contributed by atoms with van der Waals surface area (Å²) in [5, 5.41) is 15.3. The Morgan fingerprint density at radius 3 is 2.74 bits per heavy atom. The number of benzene rings is 1. The van der Waals surface area contributed by atoms with E-state index in [0.717, 1.165) is 19.3 Å². The summed E-state index contributed by atoms with van der Waals surface area (Å²) in [5.41, 5.74) is -1.61. The molecule has 2 unspecified atom stereocenters. The zero-order chi connectivity index (χ0) is 27.7. The molecule has 2 atom stereocenters. The van der Waals surface area contributed by atoms with E-state index in [1.54, 1.807) is 26.0 Å². The van der Waals surface area contributed by atoms with E-state index in [-0.39, 0.29) is 34.0 Å². The molecule has 2 aliphatic rings. The van der Waals surface area contributed by atoms with Gasteiger partial charge in [0.05, 0.1) is 23.7 Å². The zero-order valence-corrected chi connectivity index (χ0v) is 22.6. The van der Waals surface area contributed by atoms with Crippen molar-refractivity contribution in [3.05, 3.63) is 51.6 Å². The van der Waals surface area contributed by atoms with Crippen LogP contribution in [0.25, 0.3) is 0 Å². The quantitative estimate of drug-likeness (QED) is 0.404. The first-order chi connectivity index (χ1) is 18.0. The Morgan fingerprint density at radius 2 is 2.03 bits per heavy atom. The van der Waals surface area contributed by atoms with Gasteiger partial charge in [-0.15, -0.1) is 0 Å². The summed E-state index contributed by atoms with van der Waals surface area (Å²) in [4.78, 5) is 32.8. The summed E-state index contributed by atoms with van der Waals surface area (Å²) in [6, 6.07) is 6.08. The van der Waals surface area contributed by atoms with Crippen molar-refractivity contribution in [2.75, 3.05) is 11.4 Å². The molecule has 1 aromatic carbocycles. The topological polar surface area (TPSA) is 104 Å². The third-order valence-electron chi connectivity index (χ3n) is 7.05. The molecule has 2 aliphatic heterocycles. The number of pyridine rings is 1. The van der Waals surface area contributed by atoms with Gasteiger partial charge in [-0.3, -0.25) is 9.59 Å². The van der Waals surface area contributed by atoms with Gasteiger partial charge in [0, 0.05) is 23.3 Å². The van der Waals surface area contributed by atoms with Crippen LogP contribution in [0.2, 0.25) is 10.0 Å². The number of aliphatic hydroxyl groups is 1. The maximum atomic E-state index is 13.7. The average molecular weight is 571 g/mol. The summed E-state index contributed by atoms with van der Waals surface area (Å²) in [5.74, 6) is -0.529. The molecule has 8 nitrogen and oxygen atoms in total. The number of hydrogen-bond acceptors (Lipinski definition) is 6. The number of nitrogens with one attached hydrogen (secondary N) is 2. The van der Waals surface area contributed by atoms with Crippen LogP contribution in [0.4, 0.5) is 14.6 Å². The zero-order valence-electron chi connectivity index (χ0n) is 21.1. The first kappa shape index (κ1) is 28.3. The number of aliphatic hydroxyl groups excluding tert-OH is 1. The van der Waals surface area contributed by atoms with E-state index in [1.165, 1.54) is 18.3 Å². The molecule has 0 aliphatic carbocycles. The van der Waals surface area contributed by atoms with Gasteiger partial charge < -0.3 is 25.4 Å². The third kappa shape index (κ3) is 5.67. The van der Waals surface area contributed by atoms with Crippen LogP contribution in [0, 0.1) is 0 Å². The molecule has 0 saturated carbocycles. The largest absolute Gasteiger partial charge is 0.476 e. The second kappa shape index (κ2) is 11.2. The second-order valence-corrected chi connectivity index (χ2v) is 10.9. The molecule has 38 heavy (non-hydrogen) atoms. The van der Waals surface area contributed by atoms with Crippen molar-refractivity contribution < 1.29 is 28.2 Å². The Morgan fingerprint density at radius 1 is 1.26 bits per heavy atom. The van der Waals surface area contributed by atoms with Crippen LogP contribution in [0.3, 0.4) is 0 Å². The number of rotatable bonds is 9. The van der Waals surface area contributed by atoms with Crippen molar-refractivity contribution in [1.29, 1.82) is 0 Å². The average Bonchev–Trinajstić information content (AvgIpc) is 3.08. The lowest BCUT2D eigenvalue weighted by Crippen LogP contribution is -2.65. The molecule has 2 saturated heterocycles.